The Kier molecular flexibility index (Phi) is 2.76. The topological polar surface area (TPSA) is 82.4 Å². The summed E-state index contributed by atoms with van der Waals surface area (Å²) in [6, 6.07) is 6.37. The first-order valence-electron chi connectivity index (χ1n) is 4.46. The average molecular weight is 238 g/mol. The standard InChI is InChI=1S/C10H9NO4S/c12-10(13)8-2-1-3-9-7(8)4-5-11(9)6-16(14)15/h1-5H,6H2,(H,12,13)(H,14,15)/p-1. The van der Waals surface area contributed by atoms with Crippen molar-refractivity contribution in [2.45, 2.75) is 5.88 Å². The molecule has 1 N–H and O–H groups in total. The van der Waals surface area contributed by atoms with Crippen LogP contribution in [0.3, 0.4) is 0 Å². The van der Waals surface area contributed by atoms with E-state index in [4.69, 9.17) is 5.11 Å². The minimum atomic E-state index is -2.20. The highest BCUT2D eigenvalue weighted by molar-refractivity contribution is 7.78. The second kappa shape index (κ2) is 4.07. The zero-order chi connectivity index (χ0) is 11.7. The quantitative estimate of drug-likeness (QED) is 0.814. The van der Waals surface area contributed by atoms with E-state index in [1.54, 1.807) is 24.4 Å². The Balaban J connectivity index is 2.61. The highest BCUT2D eigenvalue weighted by Gasteiger charge is 2.10. The predicted octanol–water partition coefficient (Wildman–Crippen LogP) is 1.18. The third-order valence-electron chi connectivity index (χ3n) is 2.29. The molecule has 5 nitrogen and oxygen atoms in total. The van der Waals surface area contributed by atoms with Gasteiger partial charge in [-0.15, -0.1) is 0 Å². The number of hydrogen-bond donors (Lipinski definition) is 1. The Hall–Kier alpha value is -1.66. The van der Waals surface area contributed by atoms with Crippen LogP contribution in [0.1, 0.15) is 10.4 Å². The number of fused-ring (bicyclic) bond motifs is 1. The van der Waals surface area contributed by atoms with E-state index in [1.165, 1.54) is 10.6 Å². The van der Waals surface area contributed by atoms with Crippen LogP contribution in [-0.4, -0.2) is 24.4 Å². The highest BCUT2D eigenvalue weighted by atomic mass is 32.2. The minimum absolute atomic E-state index is 0.174. The van der Waals surface area contributed by atoms with Crippen LogP contribution in [0.25, 0.3) is 10.9 Å². The van der Waals surface area contributed by atoms with Gasteiger partial charge in [-0.2, -0.15) is 0 Å². The van der Waals surface area contributed by atoms with Crippen molar-refractivity contribution in [3.63, 3.8) is 0 Å². The van der Waals surface area contributed by atoms with Crippen LogP contribution in [0.4, 0.5) is 0 Å². The van der Waals surface area contributed by atoms with Crippen molar-refractivity contribution >= 4 is 28.0 Å². The number of carbonyl (C=O) groups is 1. The second-order valence-corrected chi connectivity index (χ2v) is 4.13. The van der Waals surface area contributed by atoms with E-state index in [1.807, 2.05) is 0 Å². The smallest absolute Gasteiger partial charge is 0.336 e. The fraction of sp³-hybridized carbons (Fsp3) is 0.100. The minimum Gasteiger partial charge on any atom is -0.771 e. The van der Waals surface area contributed by atoms with Gasteiger partial charge in [0.2, 0.25) is 0 Å². The molecule has 0 aliphatic heterocycles. The molecule has 1 aromatic carbocycles. The lowest BCUT2D eigenvalue weighted by Crippen LogP contribution is -2.02. The molecule has 0 bridgehead atoms. The van der Waals surface area contributed by atoms with Gasteiger partial charge >= 0.3 is 5.97 Å². The summed E-state index contributed by atoms with van der Waals surface area (Å²) < 4.78 is 22.7. The van der Waals surface area contributed by atoms with Crippen molar-refractivity contribution in [3.05, 3.63) is 36.0 Å². The molecular formula is C10H8NO4S-. The monoisotopic (exact) mass is 238 g/mol. The molecule has 1 unspecified atom stereocenters. The number of aromatic nitrogens is 1. The number of rotatable bonds is 3. The molecule has 1 aromatic heterocycles. The predicted molar refractivity (Wildman–Crippen MR) is 57.8 cm³/mol. The number of nitrogens with zero attached hydrogens (tertiary/aromatic N) is 1. The van der Waals surface area contributed by atoms with E-state index < -0.39 is 17.0 Å². The van der Waals surface area contributed by atoms with E-state index >= 15 is 0 Å². The van der Waals surface area contributed by atoms with E-state index in [0.29, 0.717) is 10.9 Å². The normalized spacial score (nSPS) is 12.8. The van der Waals surface area contributed by atoms with Crippen LogP contribution in [0.15, 0.2) is 30.5 Å². The lowest BCUT2D eigenvalue weighted by molar-refractivity contribution is 0.0699. The van der Waals surface area contributed by atoms with Gasteiger partial charge in [-0.1, -0.05) is 6.07 Å². The van der Waals surface area contributed by atoms with Gasteiger partial charge in [-0.3, -0.25) is 4.21 Å². The van der Waals surface area contributed by atoms with Gasteiger partial charge < -0.3 is 14.2 Å². The van der Waals surface area contributed by atoms with Crippen molar-refractivity contribution in [2.75, 3.05) is 0 Å². The van der Waals surface area contributed by atoms with Gasteiger partial charge in [0.15, 0.2) is 0 Å². The Bertz CT molecular complexity index is 575. The first-order chi connectivity index (χ1) is 7.59. The number of carboxylic acid groups (broad SMARTS) is 1. The van der Waals surface area contributed by atoms with Crippen molar-refractivity contribution in [3.8, 4) is 0 Å². The van der Waals surface area contributed by atoms with Crippen LogP contribution >= 0.6 is 0 Å². The summed E-state index contributed by atoms with van der Waals surface area (Å²) in [7, 11) is 0. The zero-order valence-corrected chi connectivity index (χ0v) is 8.94. The largest absolute Gasteiger partial charge is 0.771 e. The maximum Gasteiger partial charge on any atom is 0.336 e. The van der Waals surface area contributed by atoms with Crippen molar-refractivity contribution in [1.29, 1.82) is 0 Å². The Morgan fingerprint density at radius 2 is 2.19 bits per heavy atom. The SMILES string of the molecule is O=C(O)c1cccc2c1ccn2CS(=O)[O-]. The summed E-state index contributed by atoms with van der Waals surface area (Å²) in [5.74, 6) is -1.20. The van der Waals surface area contributed by atoms with Gasteiger partial charge in [0.25, 0.3) is 0 Å². The first-order valence-corrected chi connectivity index (χ1v) is 5.71. The summed E-state index contributed by atoms with van der Waals surface area (Å²) in [5, 5.41) is 9.49. The van der Waals surface area contributed by atoms with Gasteiger partial charge in [0, 0.05) is 17.1 Å². The van der Waals surface area contributed by atoms with Crippen LogP contribution in [0.2, 0.25) is 0 Å². The Labute approximate surface area is 93.6 Å². The molecule has 0 saturated heterocycles. The molecule has 0 amide bonds. The van der Waals surface area contributed by atoms with Crippen LogP contribution < -0.4 is 0 Å². The van der Waals surface area contributed by atoms with E-state index in [-0.39, 0.29) is 11.4 Å². The lowest BCUT2D eigenvalue weighted by Gasteiger charge is -2.08. The molecular weight excluding hydrogens is 230 g/mol. The molecule has 0 fully saturated rings. The van der Waals surface area contributed by atoms with Crippen molar-refractivity contribution in [2.24, 2.45) is 0 Å². The maximum atomic E-state index is 10.9. The highest BCUT2D eigenvalue weighted by Crippen LogP contribution is 2.20. The summed E-state index contributed by atoms with van der Waals surface area (Å²) >= 11 is -2.20. The molecule has 0 saturated carbocycles. The van der Waals surface area contributed by atoms with Crippen LogP contribution in [-0.2, 0) is 17.0 Å². The van der Waals surface area contributed by atoms with Crippen LogP contribution in [0.5, 0.6) is 0 Å². The summed E-state index contributed by atoms with van der Waals surface area (Å²) in [6.45, 7) is 0. The van der Waals surface area contributed by atoms with Gasteiger partial charge in [-0.05, 0) is 29.3 Å². The van der Waals surface area contributed by atoms with Gasteiger partial charge in [-0.25, -0.2) is 4.79 Å². The van der Waals surface area contributed by atoms with E-state index in [0.717, 1.165) is 0 Å². The molecule has 1 atom stereocenters. The molecule has 6 heteroatoms. The third-order valence-corrected chi connectivity index (χ3v) is 2.78. The molecule has 16 heavy (non-hydrogen) atoms. The number of benzene rings is 1. The second-order valence-electron chi connectivity index (χ2n) is 3.26. The molecule has 0 radical (unpaired) electrons. The lowest BCUT2D eigenvalue weighted by atomic mass is 10.1. The number of aromatic carboxylic acids is 1. The van der Waals surface area contributed by atoms with Gasteiger partial charge in [0.05, 0.1) is 11.4 Å². The molecule has 84 valence electrons. The maximum absolute atomic E-state index is 10.9. The number of carboxylic acids is 1. The Morgan fingerprint density at radius 3 is 2.81 bits per heavy atom. The molecule has 2 aromatic rings. The number of hydrogen-bond acceptors (Lipinski definition) is 3. The molecule has 1 heterocycles. The average Bonchev–Trinajstić information content (AvgIpc) is 2.60. The summed E-state index contributed by atoms with van der Waals surface area (Å²) in [5.41, 5.74) is 0.775. The Morgan fingerprint density at radius 1 is 1.44 bits per heavy atom. The van der Waals surface area contributed by atoms with Crippen molar-refractivity contribution < 1.29 is 18.7 Å². The zero-order valence-electron chi connectivity index (χ0n) is 8.12. The molecule has 0 aliphatic carbocycles. The molecule has 2 rings (SSSR count). The molecule has 0 spiro atoms. The van der Waals surface area contributed by atoms with E-state index in [9.17, 15) is 13.6 Å². The first kappa shape index (κ1) is 10.8. The summed E-state index contributed by atoms with van der Waals surface area (Å²) in [4.78, 5) is 10.9. The fourth-order valence-electron chi connectivity index (χ4n) is 1.64. The third kappa shape index (κ3) is 1.84. The fourth-order valence-corrected chi connectivity index (χ4v) is 2.09. The summed E-state index contributed by atoms with van der Waals surface area (Å²) in [6.07, 6.45) is 1.56. The van der Waals surface area contributed by atoms with Gasteiger partial charge in [0.1, 0.15) is 0 Å². The molecule has 0 aliphatic rings. The van der Waals surface area contributed by atoms with E-state index in [2.05, 4.69) is 0 Å². The van der Waals surface area contributed by atoms with Crippen molar-refractivity contribution in [1.82, 2.24) is 4.57 Å². The van der Waals surface area contributed by atoms with Crippen LogP contribution in [0, 0.1) is 0 Å².